The van der Waals surface area contributed by atoms with Crippen LogP contribution in [0.15, 0.2) is 22.7 Å². The lowest BCUT2D eigenvalue weighted by Crippen LogP contribution is -2.38. The van der Waals surface area contributed by atoms with Crippen molar-refractivity contribution < 1.29 is 19.5 Å². The van der Waals surface area contributed by atoms with Crippen LogP contribution in [0.3, 0.4) is 0 Å². The lowest BCUT2D eigenvalue weighted by Gasteiger charge is -2.11. The van der Waals surface area contributed by atoms with E-state index in [1.807, 2.05) is 0 Å². The van der Waals surface area contributed by atoms with Crippen molar-refractivity contribution in [3.63, 3.8) is 0 Å². The summed E-state index contributed by atoms with van der Waals surface area (Å²) in [4.78, 5) is 33.7. The summed E-state index contributed by atoms with van der Waals surface area (Å²) in [7, 11) is 0. The molecule has 0 aromatic heterocycles. The first-order valence-electron chi connectivity index (χ1n) is 5.24. The summed E-state index contributed by atoms with van der Waals surface area (Å²) >= 11 is 4.22. The summed E-state index contributed by atoms with van der Waals surface area (Å²) in [5.41, 5.74) is 0.428. The Morgan fingerprint density at radius 3 is 2.74 bits per heavy atom. The number of aromatic carboxylic acids is 1. The Kier molecular flexibility index (Phi) is 4.11. The van der Waals surface area contributed by atoms with Gasteiger partial charge in [0.2, 0.25) is 5.91 Å². The third-order valence-corrected chi connectivity index (χ3v) is 3.74. The first-order valence-corrected chi connectivity index (χ1v) is 7.01. The van der Waals surface area contributed by atoms with E-state index in [4.69, 9.17) is 5.11 Å². The third kappa shape index (κ3) is 3.48. The Morgan fingerprint density at radius 2 is 2.16 bits per heavy atom. The van der Waals surface area contributed by atoms with Crippen LogP contribution in [0.4, 0.5) is 10.5 Å². The molecule has 1 atom stereocenters. The SMILES string of the molecule is O=C1NC(C(=O)Nc2cc(Br)cc(C(=O)O)c2)CS1. The standard InChI is InChI=1S/C11H9BrN2O4S/c12-6-1-5(10(16)17)2-7(3-6)13-9(15)8-4-19-11(18)14-8/h1-3,8H,4H2,(H,13,15)(H,14,18)(H,16,17). The number of carbonyl (C=O) groups is 3. The molecule has 0 bridgehead atoms. The van der Waals surface area contributed by atoms with Gasteiger partial charge < -0.3 is 15.7 Å². The van der Waals surface area contributed by atoms with Crippen LogP contribution in [-0.2, 0) is 4.79 Å². The van der Waals surface area contributed by atoms with Gasteiger partial charge in [-0.3, -0.25) is 9.59 Å². The normalized spacial score (nSPS) is 17.9. The Hall–Kier alpha value is -1.54. The van der Waals surface area contributed by atoms with E-state index in [1.54, 1.807) is 6.07 Å². The number of hydrogen-bond donors (Lipinski definition) is 3. The van der Waals surface area contributed by atoms with Gasteiger partial charge in [-0.25, -0.2) is 4.79 Å². The summed E-state index contributed by atoms with van der Waals surface area (Å²) in [5, 5.41) is 13.8. The number of carboxylic acids is 1. The second-order valence-electron chi connectivity index (χ2n) is 3.82. The highest BCUT2D eigenvalue weighted by Gasteiger charge is 2.28. The van der Waals surface area contributed by atoms with Crippen LogP contribution >= 0.6 is 27.7 Å². The maximum Gasteiger partial charge on any atom is 0.335 e. The van der Waals surface area contributed by atoms with Gasteiger partial charge in [0.1, 0.15) is 6.04 Å². The van der Waals surface area contributed by atoms with Crippen LogP contribution in [0.1, 0.15) is 10.4 Å². The molecule has 1 heterocycles. The molecule has 2 amide bonds. The van der Waals surface area contributed by atoms with Gasteiger partial charge in [-0.1, -0.05) is 27.7 Å². The number of carboxylic acid groups (broad SMARTS) is 1. The van der Waals surface area contributed by atoms with Crippen molar-refractivity contribution in [2.45, 2.75) is 6.04 Å². The minimum atomic E-state index is -1.08. The molecular formula is C11H9BrN2O4S. The fourth-order valence-electron chi connectivity index (χ4n) is 1.54. The van der Waals surface area contributed by atoms with E-state index in [0.717, 1.165) is 11.8 Å². The molecule has 6 nitrogen and oxygen atoms in total. The van der Waals surface area contributed by atoms with Crippen LogP contribution in [0.2, 0.25) is 0 Å². The molecule has 1 aliphatic rings. The molecule has 0 spiro atoms. The van der Waals surface area contributed by atoms with Crippen LogP contribution in [-0.4, -0.2) is 34.0 Å². The smallest absolute Gasteiger partial charge is 0.335 e. The molecule has 3 N–H and O–H groups in total. The highest BCUT2D eigenvalue weighted by atomic mass is 79.9. The molecule has 0 radical (unpaired) electrons. The predicted octanol–water partition coefficient (Wildman–Crippen LogP) is 1.91. The summed E-state index contributed by atoms with van der Waals surface area (Å²) in [6, 6.07) is 3.79. The van der Waals surface area contributed by atoms with Crippen molar-refractivity contribution >= 4 is 50.5 Å². The number of benzene rings is 1. The monoisotopic (exact) mass is 344 g/mol. The van der Waals surface area contributed by atoms with Gasteiger partial charge in [-0.05, 0) is 18.2 Å². The van der Waals surface area contributed by atoms with Crippen molar-refractivity contribution in [1.29, 1.82) is 0 Å². The van der Waals surface area contributed by atoms with E-state index >= 15 is 0 Å². The molecule has 0 saturated carbocycles. The van der Waals surface area contributed by atoms with Gasteiger partial charge in [0.15, 0.2) is 0 Å². The number of halogens is 1. The van der Waals surface area contributed by atoms with Crippen molar-refractivity contribution in [2.24, 2.45) is 0 Å². The largest absolute Gasteiger partial charge is 0.478 e. The number of nitrogens with one attached hydrogen (secondary N) is 2. The van der Waals surface area contributed by atoms with Crippen molar-refractivity contribution in [1.82, 2.24) is 5.32 Å². The van der Waals surface area contributed by atoms with Gasteiger partial charge >= 0.3 is 5.97 Å². The number of anilines is 1. The molecule has 1 fully saturated rings. The molecular weight excluding hydrogens is 336 g/mol. The fourth-order valence-corrected chi connectivity index (χ4v) is 2.81. The lowest BCUT2D eigenvalue weighted by atomic mass is 10.2. The first-order chi connectivity index (χ1) is 8.95. The Morgan fingerprint density at radius 1 is 1.42 bits per heavy atom. The quantitative estimate of drug-likeness (QED) is 0.778. The molecule has 0 aliphatic carbocycles. The predicted molar refractivity (Wildman–Crippen MR) is 74.5 cm³/mol. The maximum absolute atomic E-state index is 11.9. The van der Waals surface area contributed by atoms with Crippen molar-refractivity contribution in [3.8, 4) is 0 Å². The number of carbonyl (C=O) groups excluding carboxylic acids is 2. The first kappa shape index (κ1) is 13.9. The molecule has 1 aliphatic heterocycles. The molecule has 1 saturated heterocycles. The van der Waals surface area contributed by atoms with Crippen LogP contribution in [0.25, 0.3) is 0 Å². The Labute approximate surface area is 121 Å². The fraction of sp³-hybridized carbons (Fsp3) is 0.182. The van der Waals surface area contributed by atoms with Crippen molar-refractivity contribution in [3.05, 3.63) is 28.2 Å². The van der Waals surface area contributed by atoms with E-state index in [1.165, 1.54) is 12.1 Å². The topological polar surface area (TPSA) is 95.5 Å². The van der Waals surface area contributed by atoms with Gasteiger partial charge in [-0.2, -0.15) is 0 Å². The van der Waals surface area contributed by atoms with Crippen LogP contribution < -0.4 is 10.6 Å². The number of thioether (sulfide) groups is 1. The van der Waals surface area contributed by atoms with Crippen LogP contribution in [0.5, 0.6) is 0 Å². The highest BCUT2D eigenvalue weighted by Crippen LogP contribution is 2.21. The molecule has 1 aromatic carbocycles. The maximum atomic E-state index is 11.9. The van der Waals surface area contributed by atoms with E-state index in [0.29, 0.717) is 15.9 Å². The summed E-state index contributed by atoms with van der Waals surface area (Å²) in [6.45, 7) is 0. The van der Waals surface area contributed by atoms with Gasteiger partial charge in [0, 0.05) is 15.9 Å². The zero-order valence-corrected chi connectivity index (χ0v) is 11.9. The number of hydrogen-bond acceptors (Lipinski definition) is 4. The third-order valence-electron chi connectivity index (χ3n) is 2.40. The highest BCUT2D eigenvalue weighted by molar-refractivity contribution is 9.10. The molecule has 1 unspecified atom stereocenters. The Balaban J connectivity index is 2.12. The summed E-state index contributed by atoms with van der Waals surface area (Å²) in [5.74, 6) is -1.08. The van der Waals surface area contributed by atoms with Crippen molar-refractivity contribution in [2.75, 3.05) is 11.1 Å². The lowest BCUT2D eigenvalue weighted by molar-refractivity contribution is -0.117. The zero-order valence-electron chi connectivity index (χ0n) is 9.47. The van der Waals surface area contributed by atoms with Crippen LogP contribution in [0, 0.1) is 0 Å². The summed E-state index contributed by atoms with van der Waals surface area (Å²) < 4.78 is 0.549. The van der Waals surface area contributed by atoms with E-state index in [2.05, 4.69) is 26.6 Å². The minimum Gasteiger partial charge on any atom is -0.478 e. The summed E-state index contributed by atoms with van der Waals surface area (Å²) in [6.07, 6.45) is 0. The Bertz CT molecular complexity index is 564. The average molecular weight is 345 g/mol. The zero-order chi connectivity index (χ0) is 14.0. The molecule has 2 rings (SSSR count). The molecule has 1 aromatic rings. The van der Waals surface area contributed by atoms with E-state index < -0.39 is 12.0 Å². The van der Waals surface area contributed by atoms with Gasteiger partial charge in [-0.15, -0.1) is 0 Å². The molecule has 100 valence electrons. The second kappa shape index (κ2) is 5.62. The minimum absolute atomic E-state index is 0.0644. The number of rotatable bonds is 3. The number of amides is 2. The van der Waals surface area contributed by atoms with E-state index in [9.17, 15) is 14.4 Å². The van der Waals surface area contributed by atoms with E-state index in [-0.39, 0.29) is 16.7 Å². The van der Waals surface area contributed by atoms with Gasteiger partial charge in [0.25, 0.3) is 5.24 Å². The molecule has 8 heteroatoms. The average Bonchev–Trinajstić information content (AvgIpc) is 2.75. The second-order valence-corrected chi connectivity index (χ2v) is 5.73. The molecule has 19 heavy (non-hydrogen) atoms. The van der Waals surface area contributed by atoms with Gasteiger partial charge in [0.05, 0.1) is 5.56 Å².